The van der Waals surface area contributed by atoms with Gasteiger partial charge in [0.05, 0.1) is 0 Å². The summed E-state index contributed by atoms with van der Waals surface area (Å²) >= 11 is 0. The molecule has 4 bridgehead atoms. The van der Waals surface area contributed by atoms with Crippen LogP contribution in [0.2, 0.25) is 0 Å². The molecule has 6 fully saturated rings. The van der Waals surface area contributed by atoms with Crippen LogP contribution in [-0.4, -0.2) is 97.6 Å². The minimum Gasteiger partial charge on any atom is -0.304 e. The molecule has 4 saturated carbocycles. The Morgan fingerprint density at radius 3 is 2.05 bits per heavy atom. The molecular weight excluding hydrogens is 260 g/mol. The number of hydrogen-bond acceptors (Lipinski definition) is 4. The smallest absolute Gasteiger partial charge is 0.0292 e. The fourth-order valence-electron chi connectivity index (χ4n) is 6.53. The molecule has 5 atom stereocenters. The Morgan fingerprint density at radius 1 is 0.810 bits per heavy atom. The van der Waals surface area contributed by atoms with E-state index in [1.807, 2.05) is 0 Å². The highest BCUT2D eigenvalue weighted by atomic mass is 15.4. The van der Waals surface area contributed by atoms with Crippen LogP contribution in [-0.2, 0) is 0 Å². The summed E-state index contributed by atoms with van der Waals surface area (Å²) in [6.45, 7) is 10.4. The summed E-state index contributed by atoms with van der Waals surface area (Å²) in [7, 11) is 4.55. The molecular formula is C17H30N4. The normalized spacial score (nSPS) is 51.7. The van der Waals surface area contributed by atoms with Gasteiger partial charge >= 0.3 is 0 Å². The van der Waals surface area contributed by atoms with Gasteiger partial charge in [-0.1, -0.05) is 0 Å². The molecule has 21 heavy (non-hydrogen) atoms. The van der Waals surface area contributed by atoms with Crippen molar-refractivity contribution in [2.45, 2.75) is 24.4 Å². The summed E-state index contributed by atoms with van der Waals surface area (Å²) in [6, 6.07) is 0.948. The Labute approximate surface area is 129 Å². The Hall–Kier alpha value is -0.160. The van der Waals surface area contributed by atoms with Crippen molar-refractivity contribution in [3.63, 3.8) is 0 Å². The number of hydrogen-bond donors (Lipinski definition) is 0. The number of piperazine rings is 2. The minimum absolute atomic E-state index is 0.667. The van der Waals surface area contributed by atoms with Crippen LogP contribution in [0.4, 0.5) is 0 Å². The molecule has 4 unspecified atom stereocenters. The van der Waals surface area contributed by atoms with Crippen molar-refractivity contribution in [1.29, 1.82) is 0 Å². The quantitative estimate of drug-likeness (QED) is 0.723. The predicted molar refractivity (Wildman–Crippen MR) is 84.4 cm³/mol. The van der Waals surface area contributed by atoms with E-state index in [4.69, 9.17) is 0 Å². The molecule has 4 heteroatoms. The highest BCUT2D eigenvalue weighted by molar-refractivity contribution is 5.34. The second-order valence-corrected chi connectivity index (χ2v) is 8.44. The van der Waals surface area contributed by atoms with Gasteiger partial charge in [-0.05, 0) is 44.7 Å². The van der Waals surface area contributed by atoms with Gasteiger partial charge in [0.25, 0.3) is 0 Å². The van der Waals surface area contributed by atoms with Crippen molar-refractivity contribution < 1.29 is 0 Å². The van der Waals surface area contributed by atoms with Gasteiger partial charge in [-0.3, -0.25) is 9.80 Å². The third kappa shape index (κ3) is 1.71. The molecule has 2 aliphatic heterocycles. The molecule has 0 aromatic carbocycles. The molecule has 0 radical (unpaired) electrons. The summed E-state index contributed by atoms with van der Waals surface area (Å²) < 4.78 is 0. The lowest BCUT2D eigenvalue weighted by Crippen LogP contribution is -2.52. The average Bonchev–Trinajstić information content (AvgIpc) is 2.88. The molecule has 118 valence electrons. The Balaban J connectivity index is 1.31. The molecule has 0 amide bonds. The van der Waals surface area contributed by atoms with E-state index in [0.717, 1.165) is 23.8 Å². The first kappa shape index (κ1) is 13.3. The second-order valence-electron chi connectivity index (χ2n) is 8.44. The molecule has 4 aliphatic carbocycles. The maximum Gasteiger partial charge on any atom is 0.0292 e. The van der Waals surface area contributed by atoms with E-state index in [-0.39, 0.29) is 0 Å². The zero-order valence-corrected chi connectivity index (χ0v) is 13.7. The van der Waals surface area contributed by atoms with E-state index >= 15 is 0 Å². The van der Waals surface area contributed by atoms with Gasteiger partial charge in [0.1, 0.15) is 0 Å². The average molecular weight is 290 g/mol. The molecule has 6 rings (SSSR count). The first-order valence-corrected chi connectivity index (χ1v) is 9.06. The van der Waals surface area contributed by atoms with Crippen LogP contribution in [0.1, 0.15) is 12.8 Å². The molecule has 4 nitrogen and oxygen atoms in total. The van der Waals surface area contributed by atoms with Gasteiger partial charge in [0.2, 0.25) is 0 Å². The zero-order valence-electron chi connectivity index (χ0n) is 13.7. The van der Waals surface area contributed by atoms with Gasteiger partial charge < -0.3 is 9.80 Å². The lowest BCUT2D eigenvalue weighted by atomic mass is 10.0. The Bertz CT molecular complexity index is 425. The van der Waals surface area contributed by atoms with Crippen LogP contribution >= 0.6 is 0 Å². The Morgan fingerprint density at radius 2 is 1.43 bits per heavy atom. The number of rotatable bonds is 2. The van der Waals surface area contributed by atoms with Crippen molar-refractivity contribution in [3.8, 4) is 0 Å². The van der Waals surface area contributed by atoms with Crippen molar-refractivity contribution in [3.05, 3.63) is 0 Å². The first-order chi connectivity index (χ1) is 10.2. The van der Waals surface area contributed by atoms with Crippen LogP contribution in [0.5, 0.6) is 0 Å². The predicted octanol–water partition coefficient (Wildman–Crippen LogP) is 0.258. The maximum atomic E-state index is 2.92. The molecule has 6 aliphatic rings. The van der Waals surface area contributed by atoms with Gasteiger partial charge in [0, 0.05) is 63.9 Å². The van der Waals surface area contributed by atoms with E-state index in [9.17, 15) is 0 Å². The molecule has 0 N–H and O–H groups in total. The molecule has 0 aromatic heterocycles. The van der Waals surface area contributed by atoms with E-state index in [0.29, 0.717) is 5.54 Å². The third-order valence-electron chi connectivity index (χ3n) is 7.59. The molecule has 0 spiro atoms. The lowest BCUT2D eigenvalue weighted by Gasteiger charge is -2.39. The SMILES string of the molecule is CN1CCN(C2C3C4C[C@H]2CC43N2CCN(C)CC2)CC1. The van der Waals surface area contributed by atoms with Gasteiger partial charge in [-0.25, -0.2) is 0 Å². The lowest BCUT2D eigenvalue weighted by molar-refractivity contribution is 0.0789. The van der Waals surface area contributed by atoms with Crippen LogP contribution in [0.3, 0.4) is 0 Å². The number of likely N-dealkylation sites (N-methyl/N-ethyl adjacent to an activating group) is 2. The van der Waals surface area contributed by atoms with Gasteiger partial charge in [0.15, 0.2) is 0 Å². The minimum atomic E-state index is 0.667. The van der Waals surface area contributed by atoms with Crippen molar-refractivity contribution in [1.82, 2.24) is 19.6 Å². The zero-order chi connectivity index (χ0) is 14.2. The van der Waals surface area contributed by atoms with Gasteiger partial charge in [-0.2, -0.15) is 0 Å². The van der Waals surface area contributed by atoms with Crippen molar-refractivity contribution in [2.75, 3.05) is 66.5 Å². The molecule has 0 aromatic rings. The highest BCUT2D eigenvalue weighted by Crippen LogP contribution is 2.76. The summed E-state index contributed by atoms with van der Waals surface area (Å²) in [5.74, 6) is 3.13. The van der Waals surface area contributed by atoms with Crippen LogP contribution in [0.25, 0.3) is 0 Å². The van der Waals surface area contributed by atoms with E-state index in [2.05, 4.69) is 33.7 Å². The summed E-state index contributed by atoms with van der Waals surface area (Å²) in [5, 5.41) is 0. The second kappa shape index (κ2) is 4.44. The van der Waals surface area contributed by atoms with Crippen molar-refractivity contribution >= 4 is 0 Å². The standard InChI is InChI=1S/C17H30N4/c1-18-3-7-20(8-4-18)16-13-11-14-15(16)17(14,12-13)21-9-5-19(2)6-10-21/h13-16H,3-12H2,1-2H3/t13-,14?,15?,16?,17?/m0/s1. The molecule has 2 saturated heterocycles. The maximum absolute atomic E-state index is 2.92. The topological polar surface area (TPSA) is 13.0 Å². The third-order valence-corrected chi connectivity index (χ3v) is 7.59. The largest absolute Gasteiger partial charge is 0.304 e. The highest BCUT2D eigenvalue weighted by Gasteiger charge is 2.81. The van der Waals surface area contributed by atoms with Crippen molar-refractivity contribution in [2.24, 2.45) is 17.8 Å². The van der Waals surface area contributed by atoms with E-state index < -0.39 is 0 Å². The summed E-state index contributed by atoms with van der Waals surface area (Å²) in [6.07, 6.45) is 3.08. The summed E-state index contributed by atoms with van der Waals surface area (Å²) in [4.78, 5) is 10.8. The van der Waals surface area contributed by atoms with Gasteiger partial charge in [-0.15, -0.1) is 0 Å². The number of nitrogens with zero attached hydrogens (tertiary/aromatic N) is 4. The van der Waals surface area contributed by atoms with E-state index in [1.54, 1.807) is 6.42 Å². The fraction of sp³-hybridized carbons (Fsp3) is 1.00. The van der Waals surface area contributed by atoms with E-state index in [1.165, 1.54) is 58.8 Å². The van der Waals surface area contributed by atoms with Crippen LogP contribution in [0.15, 0.2) is 0 Å². The summed E-state index contributed by atoms with van der Waals surface area (Å²) in [5.41, 5.74) is 0.667. The Kier molecular flexibility index (Phi) is 2.81. The van der Waals surface area contributed by atoms with Crippen LogP contribution in [0, 0.1) is 17.8 Å². The first-order valence-electron chi connectivity index (χ1n) is 9.06. The fourth-order valence-corrected chi connectivity index (χ4v) is 6.53. The molecule has 2 heterocycles. The van der Waals surface area contributed by atoms with Crippen LogP contribution < -0.4 is 0 Å². The monoisotopic (exact) mass is 290 g/mol.